The maximum atomic E-state index is 5.42. The van der Waals surface area contributed by atoms with Gasteiger partial charge in [-0.2, -0.15) is 0 Å². The summed E-state index contributed by atoms with van der Waals surface area (Å²) in [7, 11) is 0. The summed E-state index contributed by atoms with van der Waals surface area (Å²) in [4.78, 5) is 0. The number of allylic oxidation sites excluding steroid dienone is 3. The second kappa shape index (κ2) is 19.4. The first-order valence-electron chi connectivity index (χ1n) is 9.43. The van der Waals surface area contributed by atoms with Gasteiger partial charge in [-0.05, 0) is 25.8 Å². The van der Waals surface area contributed by atoms with E-state index in [4.69, 9.17) is 5.73 Å². The van der Waals surface area contributed by atoms with E-state index < -0.39 is 0 Å². The highest BCUT2D eigenvalue weighted by molar-refractivity contribution is 5.02. The smallest absolute Gasteiger partial charge is 0.00425 e. The van der Waals surface area contributed by atoms with Crippen LogP contribution in [-0.2, 0) is 0 Å². The van der Waals surface area contributed by atoms with E-state index in [1.54, 1.807) is 0 Å². The lowest BCUT2D eigenvalue weighted by molar-refractivity contribution is 0.545. The first kappa shape index (κ1) is 20.4. The highest BCUT2D eigenvalue weighted by atomic mass is 14.5. The zero-order chi connectivity index (χ0) is 15.4. The molecule has 0 amide bonds. The fraction of sp³-hybridized carbons (Fsp3) is 0.800. The number of rotatable bonds is 16. The lowest BCUT2D eigenvalue weighted by Gasteiger charge is -2.02. The Hall–Kier alpha value is -0.560. The fourth-order valence-electron chi connectivity index (χ4n) is 2.55. The molecule has 0 atom stereocenters. The summed E-state index contributed by atoms with van der Waals surface area (Å²) in [6.07, 6.45) is 28.0. The molecule has 0 heterocycles. The summed E-state index contributed by atoms with van der Waals surface area (Å²) in [5, 5.41) is 0. The van der Waals surface area contributed by atoms with Gasteiger partial charge in [-0.25, -0.2) is 0 Å². The van der Waals surface area contributed by atoms with Gasteiger partial charge in [-0.3, -0.25) is 0 Å². The summed E-state index contributed by atoms with van der Waals surface area (Å²) in [6, 6.07) is 0. The molecular weight excluding hydrogens is 254 g/mol. The predicted molar refractivity (Wildman–Crippen MR) is 97.6 cm³/mol. The lowest BCUT2D eigenvalue weighted by atomic mass is 10.0. The van der Waals surface area contributed by atoms with Crippen molar-refractivity contribution in [2.75, 3.05) is 6.54 Å². The first-order chi connectivity index (χ1) is 10.4. The number of hydrogen-bond acceptors (Lipinski definition) is 1. The average Bonchev–Trinajstić information content (AvgIpc) is 2.50. The Morgan fingerprint density at radius 2 is 1.00 bits per heavy atom. The molecule has 1 nitrogen and oxygen atoms in total. The molecule has 0 fully saturated rings. The van der Waals surface area contributed by atoms with Crippen LogP contribution in [0.25, 0.3) is 0 Å². The fourth-order valence-corrected chi connectivity index (χ4v) is 2.55. The second-order valence-electron chi connectivity index (χ2n) is 6.11. The standard InChI is InChI=1S/C20H39N/c1-2-3-4-5-6-7-8-9-10-11-12-13-14-15-16-17-18-19-20-21/h15-18H,2-14,19-21H2,1H3. The van der Waals surface area contributed by atoms with Crippen molar-refractivity contribution in [3.05, 3.63) is 24.3 Å². The molecule has 21 heavy (non-hydrogen) atoms. The minimum absolute atomic E-state index is 0.753. The van der Waals surface area contributed by atoms with E-state index in [0.29, 0.717) is 0 Å². The Morgan fingerprint density at radius 3 is 1.48 bits per heavy atom. The third-order valence-corrected chi connectivity index (χ3v) is 3.94. The Bertz CT molecular complexity index is 230. The van der Waals surface area contributed by atoms with Gasteiger partial charge in [0.05, 0.1) is 0 Å². The van der Waals surface area contributed by atoms with Gasteiger partial charge in [0.15, 0.2) is 0 Å². The quantitative estimate of drug-likeness (QED) is 0.254. The molecule has 0 unspecified atom stereocenters. The SMILES string of the molecule is CCCCCCCCCCCCCCC=CC=CCCN. The van der Waals surface area contributed by atoms with Gasteiger partial charge in [0, 0.05) is 0 Å². The topological polar surface area (TPSA) is 26.0 Å². The predicted octanol–water partition coefficient (Wildman–Crippen LogP) is 6.54. The minimum atomic E-state index is 0.753. The van der Waals surface area contributed by atoms with Crippen LogP contribution in [-0.4, -0.2) is 6.54 Å². The van der Waals surface area contributed by atoms with Crippen LogP contribution in [0, 0.1) is 0 Å². The van der Waals surface area contributed by atoms with Crippen molar-refractivity contribution in [3.8, 4) is 0 Å². The zero-order valence-electron chi connectivity index (χ0n) is 14.5. The van der Waals surface area contributed by atoms with Crippen LogP contribution in [0.4, 0.5) is 0 Å². The van der Waals surface area contributed by atoms with Gasteiger partial charge in [-0.1, -0.05) is 102 Å². The van der Waals surface area contributed by atoms with Gasteiger partial charge >= 0.3 is 0 Å². The molecule has 0 spiro atoms. The molecule has 124 valence electrons. The van der Waals surface area contributed by atoms with Crippen molar-refractivity contribution in [1.29, 1.82) is 0 Å². The zero-order valence-corrected chi connectivity index (χ0v) is 14.5. The normalized spacial score (nSPS) is 11.9. The third-order valence-electron chi connectivity index (χ3n) is 3.94. The van der Waals surface area contributed by atoms with Gasteiger partial charge in [0.2, 0.25) is 0 Å². The van der Waals surface area contributed by atoms with Gasteiger partial charge < -0.3 is 5.73 Å². The van der Waals surface area contributed by atoms with Crippen LogP contribution < -0.4 is 5.73 Å². The highest BCUT2D eigenvalue weighted by Crippen LogP contribution is 2.12. The van der Waals surface area contributed by atoms with Crippen molar-refractivity contribution in [2.45, 2.75) is 96.8 Å². The van der Waals surface area contributed by atoms with E-state index in [2.05, 4.69) is 31.2 Å². The maximum Gasteiger partial charge on any atom is -0.00425 e. The van der Waals surface area contributed by atoms with Crippen molar-refractivity contribution >= 4 is 0 Å². The highest BCUT2D eigenvalue weighted by Gasteiger charge is 1.92. The summed E-state index contributed by atoms with van der Waals surface area (Å²) in [5.41, 5.74) is 5.42. The van der Waals surface area contributed by atoms with Crippen molar-refractivity contribution in [1.82, 2.24) is 0 Å². The largest absolute Gasteiger partial charge is 0.330 e. The van der Waals surface area contributed by atoms with E-state index >= 15 is 0 Å². The molecule has 0 saturated carbocycles. The van der Waals surface area contributed by atoms with Gasteiger partial charge in [0.1, 0.15) is 0 Å². The van der Waals surface area contributed by atoms with Crippen molar-refractivity contribution < 1.29 is 0 Å². The van der Waals surface area contributed by atoms with Crippen LogP contribution >= 0.6 is 0 Å². The molecule has 0 aromatic rings. The lowest BCUT2D eigenvalue weighted by Crippen LogP contribution is -1.94. The molecule has 2 N–H and O–H groups in total. The van der Waals surface area contributed by atoms with E-state index in [1.165, 1.54) is 83.5 Å². The van der Waals surface area contributed by atoms with E-state index in [0.717, 1.165) is 13.0 Å². The summed E-state index contributed by atoms with van der Waals surface area (Å²) < 4.78 is 0. The van der Waals surface area contributed by atoms with E-state index in [9.17, 15) is 0 Å². The number of hydrogen-bond donors (Lipinski definition) is 1. The van der Waals surface area contributed by atoms with Crippen LogP contribution in [0.3, 0.4) is 0 Å². The molecule has 0 saturated heterocycles. The molecular formula is C20H39N. The molecule has 0 radical (unpaired) electrons. The minimum Gasteiger partial charge on any atom is -0.330 e. The van der Waals surface area contributed by atoms with Crippen molar-refractivity contribution in [2.24, 2.45) is 5.73 Å². The van der Waals surface area contributed by atoms with E-state index in [1.807, 2.05) is 0 Å². The molecule has 0 bridgehead atoms. The van der Waals surface area contributed by atoms with Gasteiger partial charge in [0.25, 0.3) is 0 Å². The summed E-state index contributed by atoms with van der Waals surface area (Å²) in [5.74, 6) is 0. The van der Waals surface area contributed by atoms with Crippen molar-refractivity contribution in [3.63, 3.8) is 0 Å². The Balaban J connectivity index is 3.05. The van der Waals surface area contributed by atoms with Gasteiger partial charge in [-0.15, -0.1) is 0 Å². The molecule has 0 aliphatic rings. The molecule has 0 aliphatic heterocycles. The number of unbranched alkanes of at least 4 members (excludes halogenated alkanes) is 12. The third kappa shape index (κ3) is 19.4. The molecule has 1 heteroatoms. The molecule has 0 aromatic carbocycles. The van der Waals surface area contributed by atoms with E-state index in [-0.39, 0.29) is 0 Å². The summed E-state index contributed by atoms with van der Waals surface area (Å²) >= 11 is 0. The molecule has 0 aromatic heterocycles. The number of nitrogens with two attached hydrogens (primary N) is 1. The van der Waals surface area contributed by atoms with Crippen LogP contribution in [0.15, 0.2) is 24.3 Å². The van der Waals surface area contributed by atoms with Crippen LogP contribution in [0.1, 0.15) is 96.8 Å². The molecule has 0 aliphatic carbocycles. The Morgan fingerprint density at radius 1 is 0.571 bits per heavy atom. The first-order valence-corrected chi connectivity index (χ1v) is 9.43. The monoisotopic (exact) mass is 293 g/mol. The second-order valence-corrected chi connectivity index (χ2v) is 6.11. The molecule has 0 rings (SSSR count). The van der Waals surface area contributed by atoms with Crippen LogP contribution in [0.5, 0.6) is 0 Å². The summed E-state index contributed by atoms with van der Waals surface area (Å²) in [6.45, 7) is 3.04. The Labute approximate surface area is 134 Å². The Kier molecular flexibility index (Phi) is 18.9. The average molecular weight is 294 g/mol. The maximum absolute atomic E-state index is 5.42. The van der Waals surface area contributed by atoms with Crippen LogP contribution in [0.2, 0.25) is 0 Å².